The summed E-state index contributed by atoms with van der Waals surface area (Å²) in [6.45, 7) is 5.59. The zero-order valence-corrected chi connectivity index (χ0v) is 17.4. The van der Waals surface area contributed by atoms with Gasteiger partial charge >= 0.3 is 0 Å². The summed E-state index contributed by atoms with van der Waals surface area (Å²) in [6.07, 6.45) is 1.03. The lowest BCUT2D eigenvalue weighted by molar-refractivity contribution is -0.128. The minimum Gasteiger partial charge on any atom is -0.481 e. The molecule has 2 aromatic carbocycles. The van der Waals surface area contributed by atoms with Crippen molar-refractivity contribution >= 4 is 27.3 Å². The lowest BCUT2D eigenvalue weighted by Crippen LogP contribution is -2.39. The van der Waals surface area contributed by atoms with Crippen molar-refractivity contribution in [2.45, 2.75) is 44.2 Å². The van der Waals surface area contributed by atoms with Crippen LogP contribution in [0.3, 0.4) is 0 Å². The summed E-state index contributed by atoms with van der Waals surface area (Å²) >= 11 is 6.02. The first-order valence-electron chi connectivity index (χ1n) is 8.65. The molecule has 146 valence electrons. The molecule has 1 amide bonds. The van der Waals surface area contributed by atoms with Crippen molar-refractivity contribution in [3.8, 4) is 5.75 Å². The van der Waals surface area contributed by atoms with Gasteiger partial charge in [-0.3, -0.25) is 4.79 Å². The van der Waals surface area contributed by atoms with Gasteiger partial charge in [-0.1, -0.05) is 30.7 Å². The zero-order chi connectivity index (χ0) is 20.2. The van der Waals surface area contributed by atoms with Crippen molar-refractivity contribution in [3.05, 3.63) is 58.6 Å². The summed E-state index contributed by atoms with van der Waals surface area (Å²) in [6, 6.07) is 11.5. The smallest absolute Gasteiger partial charge is 0.261 e. The summed E-state index contributed by atoms with van der Waals surface area (Å²) in [7, 11) is -3.24. The monoisotopic (exact) mass is 409 g/mol. The SMILES string of the molecule is CC[C@H](Oc1ccc(Cl)c(C)c1)C(=O)N[C@@H](C)c1ccc(S(C)(=O)=O)cc1. The largest absolute Gasteiger partial charge is 0.481 e. The first kappa shape index (κ1) is 21.3. The Bertz CT molecular complexity index is 910. The van der Waals surface area contributed by atoms with Gasteiger partial charge in [-0.05, 0) is 61.7 Å². The molecule has 0 radical (unpaired) electrons. The molecular formula is C20H24ClNO4S. The van der Waals surface area contributed by atoms with E-state index in [1.165, 1.54) is 12.1 Å². The Hall–Kier alpha value is -2.05. The van der Waals surface area contributed by atoms with Gasteiger partial charge in [0.15, 0.2) is 15.9 Å². The number of benzene rings is 2. The van der Waals surface area contributed by atoms with E-state index in [9.17, 15) is 13.2 Å². The molecule has 0 aliphatic heterocycles. The second-order valence-electron chi connectivity index (χ2n) is 6.50. The quantitative estimate of drug-likeness (QED) is 0.747. The minimum atomic E-state index is -3.24. The molecule has 0 heterocycles. The number of aryl methyl sites for hydroxylation is 1. The Morgan fingerprint density at radius 3 is 2.33 bits per heavy atom. The van der Waals surface area contributed by atoms with Gasteiger partial charge in [-0.2, -0.15) is 0 Å². The molecule has 5 nitrogen and oxygen atoms in total. The average molecular weight is 410 g/mol. The van der Waals surface area contributed by atoms with Crippen LogP contribution in [0.1, 0.15) is 37.4 Å². The molecule has 0 aromatic heterocycles. The number of ether oxygens (including phenoxy) is 1. The molecule has 0 fully saturated rings. The van der Waals surface area contributed by atoms with E-state index in [0.29, 0.717) is 17.2 Å². The van der Waals surface area contributed by atoms with Crippen molar-refractivity contribution in [1.29, 1.82) is 0 Å². The maximum Gasteiger partial charge on any atom is 0.261 e. The summed E-state index contributed by atoms with van der Waals surface area (Å²) in [5.74, 6) is 0.355. The van der Waals surface area contributed by atoms with Gasteiger partial charge in [0.1, 0.15) is 5.75 Å². The van der Waals surface area contributed by atoms with E-state index in [2.05, 4.69) is 5.32 Å². The molecule has 0 bridgehead atoms. The number of sulfone groups is 1. The number of rotatable bonds is 7. The van der Waals surface area contributed by atoms with Crippen LogP contribution in [0, 0.1) is 6.92 Å². The van der Waals surface area contributed by atoms with Crippen molar-refractivity contribution < 1.29 is 17.9 Å². The normalized spacial score (nSPS) is 13.7. The predicted molar refractivity (Wildman–Crippen MR) is 107 cm³/mol. The molecule has 2 aromatic rings. The fourth-order valence-electron chi connectivity index (χ4n) is 2.57. The molecule has 0 unspecified atom stereocenters. The van der Waals surface area contributed by atoms with Crippen molar-refractivity contribution in [2.75, 3.05) is 6.26 Å². The van der Waals surface area contributed by atoms with Crippen LogP contribution >= 0.6 is 11.6 Å². The van der Waals surface area contributed by atoms with Crippen LogP contribution in [0.5, 0.6) is 5.75 Å². The first-order chi connectivity index (χ1) is 12.6. The van der Waals surface area contributed by atoms with Crippen LogP contribution in [-0.4, -0.2) is 26.7 Å². The van der Waals surface area contributed by atoms with Crippen LogP contribution in [0.15, 0.2) is 47.4 Å². The second-order valence-corrected chi connectivity index (χ2v) is 8.92. The Morgan fingerprint density at radius 1 is 1.19 bits per heavy atom. The topological polar surface area (TPSA) is 72.5 Å². The van der Waals surface area contributed by atoms with Gasteiger partial charge in [0, 0.05) is 11.3 Å². The van der Waals surface area contributed by atoms with E-state index in [1.54, 1.807) is 30.3 Å². The highest BCUT2D eigenvalue weighted by Gasteiger charge is 2.21. The van der Waals surface area contributed by atoms with E-state index in [4.69, 9.17) is 16.3 Å². The molecule has 1 N–H and O–H groups in total. The fourth-order valence-corrected chi connectivity index (χ4v) is 3.32. The molecule has 2 rings (SSSR count). The highest BCUT2D eigenvalue weighted by Crippen LogP contribution is 2.23. The van der Waals surface area contributed by atoms with E-state index in [0.717, 1.165) is 17.4 Å². The van der Waals surface area contributed by atoms with Crippen molar-refractivity contribution in [2.24, 2.45) is 0 Å². The van der Waals surface area contributed by atoms with E-state index >= 15 is 0 Å². The molecular weight excluding hydrogens is 386 g/mol. The third-order valence-electron chi connectivity index (χ3n) is 4.24. The third kappa shape index (κ3) is 5.71. The Kier molecular flexibility index (Phi) is 6.89. The molecule has 7 heteroatoms. The van der Waals surface area contributed by atoms with Gasteiger partial charge < -0.3 is 10.1 Å². The maximum absolute atomic E-state index is 12.6. The standard InChI is InChI=1S/C20H24ClNO4S/c1-5-19(26-16-8-11-18(21)13(2)12-16)20(23)22-14(3)15-6-9-17(10-7-15)27(4,24)25/h6-12,14,19H,5H2,1-4H3,(H,22,23)/t14-,19-/m0/s1. The van der Waals surface area contributed by atoms with Crippen molar-refractivity contribution in [1.82, 2.24) is 5.32 Å². The van der Waals surface area contributed by atoms with Crippen LogP contribution < -0.4 is 10.1 Å². The Labute approximate surface area is 165 Å². The minimum absolute atomic E-state index is 0.232. The molecule has 0 spiro atoms. The lowest BCUT2D eigenvalue weighted by atomic mass is 10.1. The zero-order valence-electron chi connectivity index (χ0n) is 15.8. The maximum atomic E-state index is 12.6. The molecule has 0 aliphatic rings. The van der Waals surface area contributed by atoms with Gasteiger partial charge in [0.2, 0.25) is 0 Å². The summed E-state index contributed by atoms with van der Waals surface area (Å²) in [5, 5.41) is 3.56. The van der Waals surface area contributed by atoms with E-state index in [1.807, 2.05) is 20.8 Å². The average Bonchev–Trinajstić information content (AvgIpc) is 2.61. The van der Waals surface area contributed by atoms with Crippen molar-refractivity contribution in [3.63, 3.8) is 0 Å². The van der Waals surface area contributed by atoms with E-state index in [-0.39, 0.29) is 16.8 Å². The van der Waals surface area contributed by atoms with Crippen LogP contribution in [-0.2, 0) is 14.6 Å². The number of hydrogen-bond donors (Lipinski definition) is 1. The number of carbonyl (C=O) groups excluding carboxylic acids is 1. The van der Waals surface area contributed by atoms with Crippen LogP contribution in [0.25, 0.3) is 0 Å². The summed E-state index contributed by atoms with van der Waals surface area (Å²) in [5.41, 5.74) is 1.69. The lowest BCUT2D eigenvalue weighted by Gasteiger charge is -2.21. The number of carbonyl (C=O) groups is 1. The van der Waals surface area contributed by atoms with Gasteiger partial charge in [-0.15, -0.1) is 0 Å². The highest BCUT2D eigenvalue weighted by atomic mass is 35.5. The Morgan fingerprint density at radius 2 is 1.81 bits per heavy atom. The van der Waals surface area contributed by atoms with Gasteiger partial charge in [0.05, 0.1) is 10.9 Å². The molecule has 0 aliphatic carbocycles. The Balaban J connectivity index is 2.05. The van der Waals surface area contributed by atoms with Gasteiger partial charge in [0.25, 0.3) is 5.91 Å². The van der Waals surface area contributed by atoms with Crippen LogP contribution in [0.4, 0.5) is 0 Å². The molecule has 2 atom stereocenters. The van der Waals surface area contributed by atoms with Crippen LogP contribution in [0.2, 0.25) is 5.02 Å². The van der Waals surface area contributed by atoms with Gasteiger partial charge in [-0.25, -0.2) is 8.42 Å². The summed E-state index contributed by atoms with van der Waals surface area (Å²) in [4.78, 5) is 12.8. The first-order valence-corrected chi connectivity index (χ1v) is 10.9. The molecule has 0 saturated heterocycles. The second kappa shape index (κ2) is 8.76. The molecule has 27 heavy (non-hydrogen) atoms. The molecule has 0 saturated carbocycles. The number of amides is 1. The number of hydrogen-bond acceptors (Lipinski definition) is 4. The predicted octanol–water partition coefficient (Wildman–Crippen LogP) is 4.09. The fraction of sp³-hybridized carbons (Fsp3) is 0.350. The van der Waals surface area contributed by atoms with E-state index < -0.39 is 15.9 Å². The third-order valence-corrected chi connectivity index (χ3v) is 5.79. The summed E-state index contributed by atoms with van der Waals surface area (Å²) < 4.78 is 28.9. The number of halogens is 1. The highest BCUT2D eigenvalue weighted by molar-refractivity contribution is 7.90. The number of nitrogens with one attached hydrogen (secondary N) is 1.